The van der Waals surface area contributed by atoms with Crippen molar-refractivity contribution in [3.05, 3.63) is 29.8 Å². The highest BCUT2D eigenvalue weighted by atomic mass is 16.5. The maximum atomic E-state index is 12.9. The number of benzene rings is 1. The fourth-order valence-electron chi connectivity index (χ4n) is 3.62. The lowest BCUT2D eigenvalue weighted by molar-refractivity contribution is -0.147. The first kappa shape index (κ1) is 14.4. The number of likely N-dealkylation sites (tertiary alicyclic amines) is 1. The molecule has 4 heteroatoms. The third-order valence-corrected chi connectivity index (χ3v) is 5.15. The van der Waals surface area contributed by atoms with Gasteiger partial charge >= 0.3 is 0 Å². The zero-order chi connectivity index (χ0) is 14.9. The molecule has 1 aromatic rings. The topological polar surface area (TPSA) is 55.6 Å². The number of nitrogens with two attached hydrogens (primary N) is 1. The van der Waals surface area contributed by atoms with Crippen LogP contribution in [-0.2, 0) is 4.79 Å². The van der Waals surface area contributed by atoms with Crippen molar-refractivity contribution in [2.45, 2.75) is 38.1 Å². The number of methoxy groups -OCH3 is 1. The second kappa shape index (κ2) is 5.68. The highest BCUT2D eigenvalue weighted by molar-refractivity contribution is 5.84. The molecular formula is C17H24N2O2. The number of hydrogen-bond acceptors (Lipinski definition) is 3. The molecule has 1 atom stereocenters. The maximum absolute atomic E-state index is 12.9. The molecule has 1 unspecified atom stereocenters. The van der Waals surface area contributed by atoms with Crippen LogP contribution in [-0.4, -0.2) is 31.0 Å². The van der Waals surface area contributed by atoms with Crippen molar-refractivity contribution in [2.75, 3.05) is 20.2 Å². The van der Waals surface area contributed by atoms with Crippen LogP contribution >= 0.6 is 0 Å². The monoisotopic (exact) mass is 288 g/mol. The van der Waals surface area contributed by atoms with E-state index < -0.39 is 0 Å². The van der Waals surface area contributed by atoms with Crippen LogP contribution < -0.4 is 10.5 Å². The summed E-state index contributed by atoms with van der Waals surface area (Å²) in [6, 6.07) is 8.26. The van der Waals surface area contributed by atoms with Crippen molar-refractivity contribution in [1.29, 1.82) is 0 Å². The summed E-state index contributed by atoms with van der Waals surface area (Å²) < 4.78 is 5.31. The summed E-state index contributed by atoms with van der Waals surface area (Å²) in [6.07, 6.45) is 5.11. The average Bonchev–Trinajstić information content (AvgIpc) is 2.96. The van der Waals surface area contributed by atoms with Crippen LogP contribution in [0.15, 0.2) is 24.3 Å². The predicted octanol–water partition coefficient (Wildman–Crippen LogP) is 2.49. The van der Waals surface area contributed by atoms with Gasteiger partial charge in [-0.3, -0.25) is 4.79 Å². The molecule has 1 aromatic carbocycles. The van der Waals surface area contributed by atoms with E-state index in [9.17, 15) is 4.79 Å². The molecule has 2 N–H and O–H groups in total. The van der Waals surface area contributed by atoms with Crippen molar-refractivity contribution < 1.29 is 9.53 Å². The molecule has 0 aromatic heterocycles. The number of carbonyl (C=O) groups excluding carboxylic acids is 1. The fourth-order valence-corrected chi connectivity index (χ4v) is 3.62. The van der Waals surface area contributed by atoms with Crippen LogP contribution in [0.5, 0.6) is 5.75 Å². The highest BCUT2D eigenvalue weighted by Gasteiger charge is 2.47. The van der Waals surface area contributed by atoms with E-state index in [0.717, 1.165) is 44.4 Å². The summed E-state index contributed by atoms with van der Waals surface area (Å²) in [5.41, 5.74) is 6.80. The van der Waals surface area contributed by atoms with Gasteiger partial charge in [-0.05, 0) is 43.4 Å². The lowest BCUT2D eigenvalue weighted by Gasteiger charge is -2.43. The Morgan fingerprint density at radius 1 is 1.43 bits per heavy atom. The Bertz CT molecular complexity index is 520. The van der Waals surface area contributed by atoms with Crippen molar-refractivity contribution in [3.63, 3.8) is 0 Å². The first-order valence-electron chi connectivity index (χ1n) is 7.85. The molecule has 2 fully saturated rings. The van der Waals surface area contributed by atoms with Gasteiger partial charge in [0.05, 0.1) is 18.6 Å². The van der Waals surface area contributed by atoms with E-state index in [1.807, 2.05) is 18.2 Å². The Kier molecular flexibility index (Phi) is 3.89. The molecule has 1 aliphatic heterocycles. The molecule has 1 heterocycles. The van der Waals surface area contributed by atoms with Gasteiger partial charge in [-0.1, -0.05) is 18.6 Å². The Balaban J connectivity index is 1.83. The highest BCUT2D eigenvalue weighted by Crippen LogP contribution is 2.45. The molecule has 1 saturated heterocycles. The van der Waals surface area contributed by atoms with Gasteiger partial charge in [-0.2, -0.15) is 0 Å². The molecule has 1 saturated carbocycles. The van der Waals surface area contributed by atoms with E-state index >= 15 is 0 Å². The molecule has 3 rings (SSSR count). The van der Waals surface area contributed by atoms with Crippen LogP contribution in [0.25, 0.3) is 0 Å². The van der Waals surface area contributed by atoms with Gasteiger partial charge in [0, 0.05) is 13.1 Å². The summed E-state index contributed by atoms with van der Waals surface area (Å²) in [5, 5.41) is 0. The quantitative estimate of drug-likeness (QED) is 0.926. The maximum Gasteiger partial charge on any atom is 0.230 e. The molecule has 21 heavy (non-hydrogen) atoms. The van der Waals surface area contributed by atoms with Gasteiger partial charge in [-0.15, -0.1) is 0 Å². The molecule has 114 valence electrons. The zero-order valence-corrected chi connectivity index (χ0v) is 12.7. The lowest BCUT2D eigenvalue weighted by atomic mass is 9.67. The number of ether oxygens (including phenoxy) is 1. The summed E-state index contributed by atoms with van der Waals surface area (Å²) in [5.74, 6) is 1.12. The van der Waals surface area contributed by atoms with Crippen molar-refractivity contribution in [3.8, 4) is 5.75 Å². The molecule has 2 aliphatic rings. The summed E-state index contributed by atoms with van der Waals surface area (Å²) in [4.78, 5) is 15.0. The minimum absolute atomic E-state index is 0.177. The number of carbonyl (C=O) groups is 1. The van der Waals surface area contributed by atoms with Crippen LogP contribution in [0.3, 0.4) is 0 Å². The van der Waals surface area contributed by atoms with E-state index in [1.165, 1.54) is 5.56 Å². The Morgan fingerprint density at radius 3 is 2.86 bits per heavy atom. The van der Waals surface area contributed by atoms with Gasteiger partial charge in [0.25, 0.3) is 0 Å². The van der Waals surface area contributed by atoms with Gasteiger partial charge in [0.1, 0.15) is 5.75 Å². The van der Waals surface area contributed by atoms with Crippen LogP contribution in [0.2, 0.25) is 0 Å². The Morgan fingerprint density at radius 2 is 2.24 bits per heavy atom. The molecular weight excluding hydrogens is 264 g/mol. The summed E-state index contributed by atoms with van der Waals surface area (Å²) in [7, 11) is 1.68. The summed E-state index contributed by atoms with van der Waals surface area (Å²) >= 11 is 0. The SMILES string of the molecule is COc1cccc(C2CCCN2C(=O)C2(CN)CCC2)c1. The van der Waals surface area contributed by atoms with Crippen molar-refractivity contribution >= 4 is 5.91 Å². The number of amides is 1. The van der Waals surface area contributed by atoms with E-state index in [-0.39, 0.29) is 17.4 Å². The largest absolute Gasteiger partial charge is 0.497 e. The minimum Gasteiger partial charge on any atom is -0.497 e. The predicted molar refractivity (Wildman–Crippen MR) is 82.0 cm³/mol. The third-order valence-electron chi connectivity index (χ3n) is 5.15. The van der Waals surface area contributed by atoms with Crippen molar-refractivity contribution in [2.24, 2.45) is 11.1 Å². The van der Waals surface area contributed by atoms with E-state index in [0.29, 0.717) is 6.54 Å². The van der Waals surface area contributed by atoms with E-state index in [2.05, 4.69) is 11.0 Å². The third kappa shape index (κ3) is 2.42. The number of rotatable bonds is 4. The number of nitrogens with zero attached hydrogens (tertiary/aromatic N) is 1. The zero-order valence-electron chi connectivity index (χ0n) is 12.7. The van der Waals surface area contributed by atoms with Crippen LogP contribution in [0.4, 0.5) is 0 Å². The van der Waals surface area contributed by atoms with Crippen LogP contribution in [0.1, 0.15) is 43.7 Å². The molecule has 4 nitrogen and oxygen atoms in total. The van der Waals surface area contributed by atoms with Gasteiger partial charge in [0.2, 0.25) is 5.91 Å². The molecule has 0 spiro atoms. The molecule has 1 amide bonds. The fraction of sp³-hybridized carbons (Fsp3) is 0.588. The van der Waals surface area contributed by atoms with Gasteiger partial charge in [0.15, 0.2) is 0 Å². The van der Waals surface area contributed by atoms with Crippen molar-refractivity contribution in [1.82, 2.24) is 4.90 Å². The van der Waals surface area contributed by atoms with Gasteiger partial charge < -0.3 is 15.4 Å². The average molecular weight is 288 g/mol. The Hall–Kier alpha value is -1.55. The second-order valence-corrected chi connectivity index (χ2v) is 6.27. The smallest absolute Gasteiger partial charge is 0.230 e. The second-order valence-electron chi connectivity index (χ2n) is 6.27. The van der Waals surface area contributed by atoms with E-state index in [1.54, 1.807) is 7.11 Å². The molecule has 0 bridgehead atoms. The van der Waals surface area contributed by atoms with Gasteiger partial charge in [-0.25, -0.2) is 0 Å². The lowest BCUT2D eigenvalue weighted by Crippen LogP contribution is -2.51. The normalized spacial score (nSPS) is 23.7. The van der Waals surface area contributed by atoms with E-state index in [4.69, 9.17) is 10.5 Å². The molecule has 0 radical (unpaired) electrons. The number of hydrogen-bond donors (Lipinski definition) is 1. The Labute approximate surface area is 126 Å². The van der Waals surface area contributed by atoms with Crippen LogP contribution in [0, 0.1) is 5.41 Å². The molecule has 1 aliphatic carbocycles. The summed E-state index contributed by atoms with van der Waals surface area (Å²) in [6.45, 7) is 1.33. The first-order valence-corrected chi connectivity index (χ1v) is 7.85. The minimum atomic E-state index is -0.276. The first-order chi connectivity index (χ1) is 10.2. The standard InChI is InChI=1S/C17H24N2O2/c1-21-14-6-2-5-13(11-14)15-7-3-10-19(15)16(20)17(12-18)8-4-9-17/h2,5-6,11,15H,3-4,7-10,12,18H2,1H3.